The zero-order chi connectivity index (χ0) is 19.4. The van der Waals surface area contributed by atoms with Crippen molar-refractivity contribution in [3.63, 3.8) is 0 Å². The summed E-state index contributed by atoms with van der Waals surface area (Å²) < 4.78 is 9.18. The van der Waals surface area contributed by atoms with Crippen molar-refractivity contribution in [1.82, 2.24) is 19.7 Å². The average molecular weight is 366 g/mol. The molecule has 0 saturated heterocycles. The highest BCUT2D eigenvalue weighted by Gasteiger charge is 2.16. The number of carbonyl (C=O) groups is 1. The van der Waals surface area contributed by atoms with Gasteiger partial charge in [-0.1, -0.05) is 6.07 Å². The highest BCUT2D eigenvalue weighted by atomic mass is 16.5. The van der Waals surface area contributed by atoms with Crippen LogP contribution in [0.2, 0.25) is 0 Å². The molecule has 0 unspecified atom stereocenters. The van der Waals surface area contributed by atoms with Crippen LogP contribution < -0.4 is 10.1 Å². The molecule has 1 amide bonds. The molecule has 27 heavy (non-hydrogen) atoms. The largest absolute Gasteiger partial charge is 0.497 e. The summed E-state index contributed by atoms with van der Waals surface area (Å²) in [6.07, 6.45) is 5.65. The average Bonchev–Trinajstić information content (AvgIpc) is 3.21. The summed E-state index contributed by atoms with van der Waals surface area (Å²) in [5, 5.41) is 7.19. The maximum atomic E-state index is 12.6. The van der Waals surface area contributed by atoms with E-state index in [0.29, 0.717) is 12.1 Å². The minimum absolute atomic E-state index is 0.0385. The first kappa shape index (κ1) is 18.8. The van der Waals surface area contributed by atoms with Crippen molar-refractivity contribution < 1.29 is 9.53 Å². The normalized spacial score (nSPS) is 10.8. The van der Waals surface area contributed by atoms with E-state index in [9.17, 15) is 4.79 Å². The van der Waals surface area contributed by atoms with E-state index in [1.54, 1.807) is 11.8 Å². The zero-order valence-corrected chi connectivity index (χ0v) is 16.3. The van der Waals surface area contributed by atoms with Gasteiger partial charge in [-0.15, -0.1) is 0 Å². The number of aromatic nitrogens is 3. The highest BCUT2D eigenvalue weighted by molar-refractivity contribution is 5.95. The van der Waals surface area contributed by atoms with Gasteiger partial charge in [-0.2, -0.15) is 5.10 Å². The fourth-order valence-electron chi connectivity index (χ4n) is 3.33. The lowest BCUT2D eigenvalue weighted by Crippen LogP contribution is -2.25. The van der Waals surface area contributed by atoms with Crippen molar-refractivity contribution in [2.45, 2.75) is 26.7 Å². The van der Waals surface area contributed by atoms with Crippen molar-refractivity contribution in [2.24, 2.45) is 7.05 Å². The summed E-state index contributed by atoms with van der Waals surface area (Å²) in [4.78, 5) is 12.6. The van der Waals surface area contributed by atoms with Crippen LogP contribution in [0, 0.1) is 13.8 Å². The second-order valence-electron chi connectivity index (χ2n) is 6.70. The third kappa shape index (κ3) is 4.22. The van der Waals surface area contributed by atoms with Crippen molar-refractivity contribution in [3.05, 3.63) is 65.2 Å². The first-order valence-electron chi connectivity index (χ1n) is 9.08. The number of methoxy groups -OCH3 is 1. The summed E-state index contributed by atoms with van der Waals surface area (Å²) in [7, 11) is 3.56. The first-order chi connectivity index (χ1) is 13.0. The molecule has 0 saturated carbocycles. The van der Waals surface area contributed by atoms with Gasteiger partial charge in [0.05, 0.1) is 18.9 Å². The van der Waals surface area contributed by atoms with Gasteiger partial charge in [-0.25, -0.2) is 0 Å². The summed E-state index contributed by atoms with van der Waals surface area (Å²) in [6.45, 7) is 4.61. The lowest BCUT2D eigenvalue weighted by Gasteiger charge is -2.11. The van der Waals surface area contributed by atoms with Gasteiger partial charge in [-0.05, 0) is 50.5 Å². The number of nitrogens with one attached hydrogen (secondary N) is 1. The van der Waals surface area contributed by atoms with Crippen LogP contribution in [0.15, 0.2) is 42.7 Å². The number of nitrogens with zero attached hydrogens (tertiary/aromatic N) is 3. The van der Waals surface area contributed by atoms with Crippen LogP contribution in [-0.2, 0) is 13.5 Å². The lowest BCUT2D eigenvalue weighted by molar-refractivity contribution is 0.0952. The Kier molecular flexibility index (Phi) is 5.64. The predicted molar refractivity (Wildman–Crippen MR) is 106 cm³/mol. The quantitative estimate of drug-likeness (QED) is 0.653. The van der Waals surface area contributed by atoms with Gasteiger partial charge in [0.25, 0.3) is 5.91 Å². The smallest absolute Gasteiger partial charge is 0.253 e. The van der Waals surface area contributed by atoms with Gasteiger partial charge in [0, 0.05) is 42.9 Å². The highest BCUT2D eigenvalue weighted by Crippen LogP contribution is 2.23. The van der Waals surface area contributed by atoms with Crippen molar-refractivity contribution in [2.75, 3.05) is 13.7 Å². The Hall–Kier alpha value is -3.02. The summed E-state index contributed by atoms with van der Waals surface area (Å²) in [6, 6.07) is 9.78. The molecule has 2 heterocycles. The van der Waals surface area contributed by atoms with Crippen LogP contribution in [0.4, 0.5) is 0 Å². The number of benzene rings is 1. The van der Waals surface area contributed by atoms with Crippen LogP contribution >= 0.6 is 0 Å². The van der Waals surface area contributed by atoms with E-state index in [1.807, 2.05) is 63.6 Å². The summed E-state index contributed by atoms with van der Waals surface area (Å²) in [5.41, 5.74) is 4.81. The number of hydrogen-bond acceptors (Lipinski definition) is 3. The van der Waals surface area contributed by atoms with E-state index in [-0.39, 0.29) is 5.91 Å². The van der Waals surface area contributed by atoms with Crippen molar-refractivity contribution in [3.8, 4) is 11.4 Å². The monoisotopic (exact) mass is 366 g/mol. The molecule has 0 atom stereocenters. The maximum Gasteiger partial charge on any atom is 0.253 e. The van der Waals surface area contributed by atoms with Crippen molar-refractivity contribution >= 4 is 5.91 Å². The standard InChI is InChI=1S/C21H26N4O2/c1-15-11-20(16(2)25(15)18-8-5-9-19(12-18)27-4)21(26)22-10-6-7-17-13-23-24(3)14-17/h5,8-9,11-14H,6-7,10H2,1-4H3,(H,22,26). The first-order valence-corrected chi connectivity index (χ1v) is 9.08. The molecule has 0 aliphatic rings. The van der Waals surface area contributed by atoms with E-state index < -0.39 is 0 Å². The summed E-state index contributed by atoms with van der Waals surface area (Å²) in [5.74, 6) is 0.754. The summed E-state index contributed by atoms with van der Waals surface area (Å²) >= 11 is 0. The van der Waals surface area contributed by atoms with Gasteiger partial charge in [0.2, 0.25) is 0 Å². The van der Waals surface area contributed by atoms with Crippen LogP contribution in [0.25, 0.3) is 5.69 Å². The van der Waals surface area contributed by atoms with E-state index in [2.05, 4.69) is 15.0 Å². The number of carbonyl (C=O) groups excluding carboxylic acids is 1. The number of rotatable bonds is 7. The van der Waals surface area contributed by atoms with E-state index in [4.69, 9.17) is 4.74 Å². The molecule has 3 rings (SSSR count). The Balaban J connectivity index is 1.66. The molecule has 1 N–H and O–H groups in total. The number of ether oxygens (including phenoxy) is 1. The molecular formula is C21H26N4O2. The number of hydrogen-bond donors (Lipinski definition) is 1. The van der Waals surface area contributed by atoms with E-state index in [1.165, 1.54) is 5.56 Å². The van der Waals surface area contributed by atoms with Crippen LogP contribution in [0.5, 0.6) is 5.75 Å². The second kappa shape index (κ2) is 8.12. The second-order valence-corrected chi connectivity index (χ2v) is 6.70. The molecule has 1 aromatic carbocycles. The lowest BCUT2D eigenvalue weighted by atomic mass is 10.2. The third-order valence-corrected chi connectivity index (χ3v) is 4.67. The predicted octanol–water partition coefficient (Wildman–Crippen LogP) is 3.20. The Bertz CT molecular complexity index is 940. The Morgan fingerprint density at radius 3 is 2.78 bits per heavy atom. The Labute approximate surface area is 159 Å². The maximum absolute atomic E-state index is 12.6. The molecular weight excluding hydrogens is 340 g/mol. The van der Waals surface area contributed by atoms with Crippen molar-refractivity contribution in [1.29, 1.82) is 0 Å². The topological polar surface area (TPSA) is 61.1 Å². The molecule has 2 aromatic heterocycles. The molecule has 3 aromatic rings. The van der Waals surface area contributed by atoms with Crippen LogP contribution in [0.3, 0.4) is 0 Å². The molecule has 6 heteroatoms. The molecule has 0 radical (unpaired) electrons. The molecule has 0 fully saturated rings. The molecule has 0 bridgehead atoms. The van der Waals surface area contributed by atoms with Gasteiger partial charge in [-0.3, -0.25) is 9.48 Å². The minimum atomic E-state index is -0.0385. The molecule has 6 nitrogen and oxygen atoms in total. The van der Waals surface area contributed by atoms with Crippen LogP contribution in [0.1, 0.15) is 33.7 Å². The van der Waals surface area contributed by atoms with Gasteiger partial charge < -0.3 is 14.6 Å². The van der Waals surface area contributed by atoms with E-state index >= 15 is 0 Å². The molecule has 0 aliphatic carbocycles. The minimum Gasteiger partial charge on any atom is -0.497 e. The Morgan fingerprint density at radius 2 is 2.07 bits per heavy atom. The van der Waals surface area contributed by atoms with Crippen LogP contribution in [-0.4, -0.2) is 33.9 Å². The van der Waals surface area contributed by atoms with Gasteiger partial charge in [0.15, 0.2) is 0 Å². The molecule has 142 valence electrons. The number of amides is 1. The Morgan fingerprint density at radius 1 is 1.26 bits per heavy atom. The third-order valence-electron chi connectivity index (χ3n) is 4.67. The SMILES string of the molecule is COc1cccc(-n2c(C)cc(C(=O)NCCCc3cnn(C)c3)c2C)c1. The fourth-order valence-corrected chi connectivity index (χ4v) is 3.33. The van der Waals surface area contributed by atoms with E-state index in [0.717, 1.165) is 35.7 Å². The molecule has 0 spiro atoms. The zero-order valence-electron chi connectivity index (χ0n) is 16.3. The van der Waals surface area contributed by atoms with Gasteiger partial charge in [0.1, 0.15) is 5.75 Å². The fraction of sp³-hybridized carbons (Fsp3) is 0.333. The number of aryl methyl sites for hydroxylation is 3. The van der Waals surface area contributed by atoms with Gasteiger partial charge >= 0.3 is 0 Å². The molecule has 0 aliphatic heterocycles.